The smallest absolute Gasteiger partial charge is 0.278 e. The van der Waals surface area contributed by atoms with Crippen molar-refractivity contribution >= 4 is 11.0 Å². The first-order valence-electron chi connectivity index (χ1n) is 5.69. The Morgan fingerprint density at radius 1 is 1.35 bits per heavy atom. The minimum absolute atomic E-state index is 0.214. The maximum Gasteiger partial charge on any atom is 0.278 e. The standard InChI is InChI=1S/C13H15F2NO/c1-3-9(16-2)6-8-4-5-11-10(13(8)15)7-12(14)17-11/h4-5,7,9,16H,3,6H2,1-2H3. The van der Waals surface area contributed by atoms with Crippen LogP contribution in [0.1, 0.15) is 18.9 Å². The molecule has 1 heterocycles. The van der Waals surface area contributed by atoms with Crippen LogP contribution in [0.15, 0.2) is 22.6 Å². The summed E-state index contributed by atoms with van der Waals surface area (Å²) in [4.78, 5) is 0. The molecule has 0 aliphatic rings. The summed E-state index contributed by atoms with van der Waals surface area (Å²) in [6.07, 6.45) is 1.50. The van der Waals surface area contributed by atoms with Gasteiger partial charge < -0.3 is 9.73 Å². The lowest BCUT2D eigenvalue weighted by Gasteiger charge is -2.14. The van der Waals surface area contributed by atoms with E-state index in [0.717, 1.165) is 12.5 Å². The molecular formula is C13H15F2NO. The van der Waals surface area contributed by atoms with Gasteiger partial charge in [0.2, 0.25) is 0 Å². The highest BCUT2D eigenvalue weighted by Gasteiger charge is 2.14. The molecule has 2 nitrogen and oxygen atoms in total. The Bertz CT molecular complexity index is 517. The van der Waals surface area contributed by atoms with Crippen LogP contribution >= 0.6 is 0 Å². The molecule has 0 spiro atoms. The van der Waals surface area contributed by atoms with E-state index in [9.17, 15) is 8.78 Å². The van der Waals surface area contributed by atoms with Gasteiger partial charge in [0.15, 0.2) is 0 Å². The predicted octanol–water partition coefficient (Wildman–Crippen LogP) is 3.25. The Balaban J connectivity index is 2.38. The minimum atomic E-state index is -0.753. The van der Waals surface area contributed by atoms with Gasteiger partial charge in [-0.25, -0.2) is 4.39 Å². The molecule has 1 N–H and O–H groups in total. The van der Waals surface area contributed by atoms with Gasteiger partial charge in [-0.15, -0.1) is 0 Å². The molecule has 1 unspecified atom stereocenters. The number of rotatable bonds is 4. The molecule has 17 heavy (non-hydrogen) atoms. The van der Waals surface area contributed by atoms with Crippen LogP contribution in [-0.2, 0) is 6.42 Å². The molecule has 0 amide bonds. The van der Waals surface area contributed by atoms with Crippen LogP contribution in [0.2, 0.25) is 0 Å². The van der Waals surface area contributed by atoms with Gasteiger partial charge in [0.05, 0.1) is 5.39 Å². The number of fused-ring (bicyclic) bond motifs is 1. The molecule has 4 heteroatoms. The number of nitrogens with one attached hydrogen (secondary N) is 1. The van der Waals surface area contributed by atoms with Crippen molar-refractivity contribution in [3.63, 3.8) is 0 Å². The number of furan rings is 1. The van der Waals surface area contributed by atoms with E-state index in [1.807, 2.05) is 14.0 Å². The van der Waals surface area contributed by atoms with E-state index >= 15 is 0 Å². The molecule has 2 aromatic rings. The maximum atomic E-state index is 14.1. The Morgan fingerprint density at radius 2 is 2.12 bits per heavy atom. The third kappa shape index (κ3) is 2.31. The molecule has 1 aromatic heterocycles. The fourth-order valence-electron chi connectivity index (χ4n) is 1.97. The summed E-state index contributed by atoms with van der Waals surface area (Å²) >= 11 is 0. The van der Waals surface area contributed by atoms with Crippen molar-refractivity contribution < 1.29 is 13.2 Å². The third-order valence-corrected chi connectivity index (χ3v) is 3.05. The Labute approximate surface area is 98.6 Å². The van der Waals surface area contributed by atoms with Crippen LogP contribution in [0.25, 0.3) is 11.0 Å². The molecule has 0 aliphatic carbocycles. The van der Waals surface area contributed by atoms with Crippen molar-refractivity contribution in [2.45, 2.75) is 25.8 Å². The molecule has 2 rings (SSSR count). The SMILES string of the molecule is CCC(Cc1ccc2oc(F)cc2c1F)NC. The predicted molar refractivity (Wildman–Crippen MR) is 63.0 cm³/mol. The zero-order chi connectivity index (χ0) is 12.4. The molecule has 0 saturated heterocycles. The van der Waals surface area contributed by atoms with Gasteiger partial charge in [-0.05, 0) is 31.5 Å². The third-order valence-electron chi connectivity index (χ3n) is 3.05. The van der Waals surface area contributed by atoms with Gasteiger partial charge in [-0.2, -0.15) is 4.39 Å². The van der Waals surface area contributed by atoms with E-state index in [-0.39, 0.29) is 22.8 Å². The van der Waals surface area contributed by atoms with Crippen molar-refractivity contribution in [2.75, 3.05) is 7.05 Å². The van der Waals surface area contributed by atoms with Gasteiger partial charge in [-0.3, -0.25) is 0 Å². The van der Waals surface area contributed by atoms with E-state index in [2.05, 4.69) is 5.32 Å². The number of halogens is 2. The van der Waals surface area contributed by atoms with E-state index < -0.39 is 6.01 Å². The maximum absolute atomic E-state index is 14.1. The van der Waals surface area contributed by atoms with Crippen LogP contribution in [0, 0.1) is 11.8 Å². The fraction of sp³-hybridized carbons (Fsp3) is 0.385. The van der Waals surface area contributed by atoms with Gasteiger partial charge in [-0.1, -0.05) is 13.0 Å². The molecule has 0 bridgehead atoms. The molecule has 1 aromatic carbocycles. The average Bonchev–Trinajstić information content (AvgIpc) is 2.70. The normalized spacial score (nSPS) is 13.2. The zero-order valence-corrected chi connectivity index (χ0v) is 9.89. The van der Waals surface area contributed by atoms with Crippen molar-refractivity contribution in [1.29, 1.82) is 0 Å². The second kappa shape index (κ2) is 4.84. The fourth-order valence-corrected chi connectivity index (χ4v) is 1.97. The van der Waals surface area contributed by atoms with Crippen molar-refractivity contribution in [3.05, 3.63) is 35.6 Å². The average molecular weight is 239 g/mol. The molecule has 0 radical (unpaired) electrons. The summed E-state index contributed by atoms with van der Waals surface area (Å²) < 4.78 is 31.7. The Hall–Kier alpha value is -1.42. The van der Waals surface area contributed by atoms with Crippen molar-refractivity contribution in [1.82, 2.24) is 5.32 Å². The van der Waals surface area contributed by atoms with Gasteiger partial charge in [0, 0.05) is 12.1 Å². The summed E-state index contributed by atoms with van der Waals surface area (Å²) in [7, 11) is 1.85. The summed E-state index contributed by atoms with van der Waals surface area (Å²) in [5.74, 6) is -0.385. The van der Waals surface area contributed by atoms with Gasteiger partial charge in [0.1, 0.15) is 11.4 Å². The topological polar surface area (TPSA) is 25.2 Å². The van der Waals surface area contributed by atoms with Crippen molar-refractivity contribution in [3.8, 4) is 0 Å². The quantitative estimate of drug-likeness (QED) is 0.886. The Kier molecular flexibility index (Phi) is 3.43. The highest BCUT2D eigenvalue weighted by atomic mass is 19.1. The highest BCUT2D eigenvalue weighted by molar-refractivity contribution is 5.78. The zero-order valence-electron chi connectivity index (χ0n) is 9.89. The van der Waals surface area contributed by atoms with Crippen LogP contribution in [0.3, 0.4) is 0 Å². The number of hydrogen-bond acceptors (Lipinski definition) is 2. The first kappa shape index (κ1) is 12.0. The first-order valence-corrected chi connectivity index (χ1v) is 5.69. The van der Waals surface area contributed by atoms with Crippen LogP contribution < -0.4 is 5.32 Å². The molecule has 0 aliphatic heterocycles. The largest absolute Gasteiger partial charge is 0.431 e. The number of hydrogen-bond donors (Lipinski definition) is 1. The Morgan fingerprint density at radius 3 is 2.76 bits per heavy atom. The second-order valence-electron chi connectivity index (χ2n) is 4.10. The lowest BCUT2D eigenvalue weighted by molar-refractivity contribution is 0.381. The van der Waals surface area contributed by atoms with Crippen LogP contribution in [0.5, 0.6) is 0 Å². The lowest BCUT2D eigenvalue weighted by Crippen LogP contribution is -2.26. The lowest BCUT2D eigenvalue weighted by atomic mass is 10.0. The van der Waals surface area contributed by atoms with E-state index in [0.29, 0.717) is 12.0 Å². The first-order chi connectivity index (χ1) is 8.15. The molecule has 92 valence electrons. The summed E-state index contributed by atoms with van der Waals surface area (Å²) in [5.41, 5.74) is 0.834. The second-order valence-corrected chi connectivity index (χ2v) is 4.10. The number of likely N-dealkylation sites (N-methyl/N-ethyl adjacent to an activating group) is 1. The van der Waals surface area contributed by atoms with Gasteiger partial charge in [0.25, 0.3) is 6.01 Å². The minimum Gasteiger partial charge on any atom is -0.431 e. The molecule has 0 fully saturated rings. The van der Waals surface area contributed by atoms with Crippen LogP contribution in [-0.4, -0.2) is 13.1 Å². The number of benzene rings is 1. The van der Waals surface area contributed by atoms with E-state index in [4.69, 9.17) is 4.42 Å². The van der Waals surface area contributed by atoms with E-state index in [1.54, 1.807) is 12.1 Å². The molecule has 1 atom stereocenters. The molecule has 0 saturated carbocycles. The summed E-state index contributed by atoms with van der Waals surface area (Å²) in [6.45, 7) is 2.04. The van der Waals surface area contributed by atoms with Crippen LogP contribution in [0.4, 0.5) is 8.78 Å². The highest BCUT2D eigenvalue weighted by Crippen LogP contribution is 2.25. The summed E-state index contributed by atoms with van der Waals surface area (Å²) in [6, 6.07) is 3.82. The van der Waals surface area contributed by atoms with Gasteiger partial charge >= 0.3 is 0 Å². The monoisotopic (exact) mass is 239 g/mol. The molecular weight excluding hydrogens is 224 g/mol. The summed E-state index contributed by atoms with van der Waals surface area (Å²) in [5, 5.41) is 3.33. The van der Waals surface area contributed by atoms with E-state index in [1.165, 1.54) is 0 Å². The van der Waals surface area contributed by atoms with Crippen molar-refractivity contribution in [2.24, 2.45) is 0 Å².